The maximum Gasteiger partial charge on any atom is 0.251 e. The highest BCUT2D eigenvalue weighted by molar-refractivity contribution is 9.10. The fourth-order valence-corrected chi connectivity index (χ4v) is 1.53. The molecule has 1 rings (SSSR count). The van der Waals surface area contributed by atoms with Crippen LogP contribution in [0.5, 0.6) is 0 Å². The zero-order valence-electron chi connectivity index (χ0n) is 6.87. The monoisotopic (exact) mass is 260 g/mol. The van der Waals surface area contributed by atoms with E-state index in [2.05, 4.69) is 15.9 Å². The van der Waals surface area contributed by atoms with Gasteiger partial charge < -0.3 is 10.3 Å². The van der Waals surface area contributed by atoms with E-state index in [1.54, 1.807) is 16.7 Å². The molecule has 0 unspecified atom stereocenters. The Kier molecular flexibility index (Phi) is 3.62. The van der Waals surface area contributed by atoms with E-state index in [0.717, 1.165) is 4.60 Å². The molecular weight excluding hydrogens is 252 g/mol. The molecule has 1 aromatic rings. The Morgan fingerprint density at radius 1 is 1.62 bits per heavy atom. The van der Waals surface area contributed by atoms with Gasteiger partial charge in [-0.15, -0.1) is 0 Å². The number of nitrogens with two attached hydrogens (primary N) is 1. The first-order chi connectivity index (χ1) is 6.11. The van der Waals surface area contributed by atoms with Gasteiger partial charge in [-0.3, -0.25) is 4.79 Å². The Labute approximate surface area is 89.7 Å². The van der Waals surface area contributed by atoms with E-state index < -0.39 is 0 Å². The second-order valence-corrected chi connectivity index (χ2v) is 3.89. The third-order valence-electron chi connectivity index (χ3n) is 1.58. The summed E-state index contributed by atoms with van der Waals surface area (Å²) in [6, 6.07) is 5.01. The number of nitrogens with zero attached hydrogens (tertiary/aromatic N) is 1. The van der Waals surface area contributed by atoms with Crippen LogP contribution >= 0.6 is 28.1 Å². The summed E-state index contributed by atoms with van der Waals surface area (Å²) in [5, 5.41) is 0. The van der Waals surface area contributed by atoms with Crippen LogP contribution in [0.25, 0.3) is 0 Å². The van der Waals surface area contributed by atoms with E-state index in [4.69, 9.17) is 18.0 Å². The first kappa shape index (κ1) is 10.4. The fourth-order valence-electron chi connectivity index (χ4n) is 0.934. The maximum atomic E-state index is 11.3. The summed E-state index contributed by atoms with van der Waals surface area (Å²) >= 11 is 8.00. The first-order valence-corrected chi connectivity index (χ1v) is 4.95. The molecule has 0 amide bonds. The highest BCUT2D eigenvalue weighted by Gasteiger charge is 2.00. The quantitative estimate of drug-likeness (QED) is 0.658. The van der Waals surface area contributed by atoms with Crippen LogP contribution in [0.1, 0.15) is 6.42 Å². The number of halogens is 1. The normalized spacial score (nSPS) is 9.92. The molecule has 13 heavy (non-hydrogen) atoms. The van der Waals surface area contributed by atoms with E-state index in [1.807, 2.05) is 0 Å². The summed E-state index contributed by atoms with van der Waals surface area (Å²) in [4.78, 5) is 11.7. The lowest BCUT2D eigenvalue weighted by atomic mass is 10.4. The molecule has 1 aromatic heterocycles. The molecule has 0 aromatic carbocycles. The Morgan fingerprint density at radius 2 is 2.31 bits per heavy atom. The average molecular weight is 261 g/mol. The highest BCUT2D eigenvalue weighted by Crippen LogP contribution is 2.06. The van der Waals surface area contributed by atoms with Gasteiger partial charge >= 0.3 is 0 Å². The van der Waals surface area contributed by atoms with Gasteiger partial charge in [-0.05, 0) is 22.0 Å². The van der Waals surface area contributed by atoms with Gasteiger partial charge in [0.05, 0.1) is 9.59 Å². The molecule has 0 atom stereocenters. The Morgan fingerprint density at radius 3 is 2.85 bits per heavy atom. The van der Waals surface area contributed by atoms with Gasteiger partial charge in [0.2, 0.25) is 0 Å². The molecule has 70 valence electrons. The van der Waals surface area contributed by atoms with Crippen molar-refractivity contribution in [2.45, 2.75) is 13.0 Å². The minimum Gasteiger partial charge on any atom is -0.393 e. The van der Waals surface area contributed by atoms with Crippen molar-refractivity contribution in [2.75, 3.05) is 0 Å². The standard InChI is InChI=1S/C8H9BrN2OS/c9-6-2-1-3-8(12)11(6)5-4-7(10)13/h1-3H,4-5H2,(H2,10,13). The van der Waals surface area contributed by atoms with Gasteiger partial charge in [-0.1, -0.05) is 18.3 Å². The molecule has 3 nitrogen and oxygen atoms in total. The second kappa shape index (κ2) is 4.53. The fraction of sp³-hybridized carbons (Fsp3) is 0.250. The third kappa shape index (κ3) is 2.93. The Balaban J connectivity index is 2.87. The Hall–Kier alpha value is -0.680. The van der Waals surface area contributed by atoms with Crippen LogP contribution in [0.3, 0.4) is 0 Å². The number of rotatable bonds is 3. The highest BCUT2D eigenvalue weighted by atomic mass is 79.9. The van der Waals surface area contributed by atoms with Crippen LogP contribution in [0.2, 0.25) is 0 Å². The average Bonchev–Trinajstić information content (AvgIpc) is 2.03. The van der Waals surface area contributed by atoms with Gasteiger partial charge in [0.1, 0.15) is 0 Å². The number of aromatic nitrogens is 1. The van der Waals surface area contributed by atoms with Gasteiger partial charge in [-0.2, -0.15) is 0 Å². The van der Waals surface area contributed by atoms with Crippen molar-refractivity contribution in [1.82, 2.24) is 4.57 Å². The molecule has 0 bridgehead atoms. The molecule has 0 aliphatic heterocycles. The van der Waals surface area contributed by atoms with Gasteiger partial charge in [0.25, 0.3) is 5.56 Å². The van der Waals surface area contributed by atoms with Crippen molar-refractivity contribution in [2.24, 2.45) is 5.73 Å². The number of pyridine rings is 1. The van der Waals surface area contributed by atoms with Crippen molar-refractivity contribution in [3.8, 4) is 0 Å². The predicted octanol–water partition coefficient (Wildman–Crippen LogP) is 1.29. The van der Waals surface area contributed by atoms with E-state index in [-0.39, 0.29) is 5.56 Å². The van der Waals surface area contributed by atoms with Crippen LogP contribution < -0.4 is 11.3 Å². The second-order valence-electron chi connectivity index (χ2n) is 2.55. The minimum atomic E-state index is -0.0503. The third-order valence-corrected chi connectivity index (χ3v) is 2.47. The summed E-state index contributed by atoms with van der Waals surface area (Å²) in [6.45, 7) is 0.523. The van der Waals surface area contributed by atoms with Gasteiger partial charge in [0, 0.05) is 19.0 Å². The molecule has 0 saturated heterocycles. The van der Waals surface area contributed by atoms with Crippen molar-refractivity contribution < 1.29 is 0 Å². The topological polar surface area (TPSA) is 48.0 Å². The predicted molar refractivity (Wildman–Crippen MR) is 59.8 cm³/mol. The van der Waals surface area contributed by atoms with Gasteiger partial charge in [0.15, 0.2) is 0 Å². The summed E-state index contributed by atoms with van der Waals surface area (Å²) < 4.78 is 2.33. The molecule has 0 aliphatic rings. The number of hydrogen-bond acceptors (Lipinski definition) is 2. The van der Waals surface area contributed by atoms with Crippen molar-refractivity contribution >= 4 is 33.1 Å². The molecule has 0 spiro atoms. The smallest absolute Gasteiger partial charge is 0.251 e. The maximum absolute atomic E-state index is 11.3. The van der Waals surface area contributed by atoms with Gasteiger partial charge in [-0.25, -0.2) is 0 Å². The van der Waals surface area contributed by atoms with E-state index in [9.17, 15) is 4.79 Å². The number of hydrogen-bond donors (Lipinski definition) is 1. The van der Waals surface area contributed by atoms with Crippen LogP contribution in [0.4, 0.5) is 0 Å². The molecule has 1 heterocycles. The summed E-state index contributed by atoms with van der Waals surface area (Å²) in [6.07, 6.45) is 0.540. The lowest BCUT2D eigenvalue weighted by Crippen LogP contribution is -2.22. The summed E-state index contributed by atoms with van der Waals surface area (Å²) in [5.41, 5.74) is 5.29. The van der Waals surface area contributed by atoms with Crippen LogP contribution in [0.15, 0.2) is 27.6 Å². The van der Waals surface area contributed by atoms with E-state index in [1.165, 1.54) is 6.07 Å². The van der Waals surface area contributed by atoms with Crippen LogP contribution in [-0.2, 0) is 6.54 Å². The molecule has 2 N–H and O–H groups in total. The van der Waals surface area contributed by atoms with E-state index >= 15 is 0 Å². The largest absolute Gasteiger partial charge is 0.393 e. The molecule has 0 saturated carbocycles. The molecule has 0 aliphatic carbocycles. The number of thiocarbonyl (C=S) groups is 1. The van der Waals surface area contributed by atoms with Crippen molar-refractivity contribution in [1.29, 1.82) is 0 Å². The molecular formula is C8H9BrN2OS. The minimum absolute atomic E-state index is 0.0503. The van der Waals surface area contributed by atoms with Crippen molar-refractivity contribution in [3.63, 3.8) is 0 Å². The SMILES string of the molecule is NC(=S)CCn1c(Br)cccc1=O. The van der Waals surface area contributed by atoms with Crippen LogP contribution in [-0.4, -0.2) is 9.56 Å². The first-order valence-electron chi connectivity index (χ1n) is 3.75. The lowest BCUT2D eigenvalue weighted by Gasteiger charge is -2.06. The molecule has 0 radical (unpaired) electrons. The summed E-state index contributed by atoms with van der Waals surface area (Å²) in [7, 11) is 0. The van der Waals surface area contributed by atoms with Crippen molar-refractivity contribution in [3.05, 3.63) is 33.2 Å². The zero-order chi connectivity index (χ0) is 9.84. The molecule has 0 fully saturated rings. The van der Waals surface area contributed by atoms with Crippen LogP contribution in [0, 0.1) is 0 Å². The lowest BCUT2D eigenvalue weighted by molar-refractivity contribution is 0.680. The zero-order valence-corrected chi connectivity index (χ0v) is 9.27. The van der Waals surface area contributed by atoms with E-state index in [0.29, 0.717) is 18.0 Å². The molecule has 5 heteroatoms. The summed E-state index contributed by atoms with van der Waals surface area (Å²) in [5.74, 6) is 0. The Bertz CT molecular complexity index is 375.